The summed E-state index contributed by atoms with van der Waals surface area (Å²) in [5.41, 5.74) is -0.272. The van der Waals surface area contributed by atoms with Gasteiger partial charge in [-0.25, -0.2) is 15.0 Å². The van der Waals surface area contributed by atoms with Crippen molar-refractivity contribution in [1.29, 1.82) is 0 Å². The van der Waals surface area contributed by atoms with Gasteiger partial charge in [-0.3, -0.25) is 0 Å². The van der Waals surface area contributed by atoms with Crippen LogP contribution in [0.2, 0.25) is 0 Å². The first-order chi connectivity index (χ1) is 13.3. The third-order valence-electron chi connectivity index (χ3n) is 4.36. The van der Waals surface area contributed by atoms with Gasteiger partial charge in [-0.1, -0.05) is 6.92 Å². The summed E-state index contributed by atoms with van der Waals surface area (Å²) in [6.07, 6.45) is 11.3. The van der Waals surface area contributed by atoms with Crippen LogP contribution in [0.1, 0.15) is 30.8 Å². The fourth-order valence-corrected chi connectivity index (χ4v) is 2.65. The molecule has 3 rings (SSSR count). The van der Waals surface area contributed by atoms with E-state index in [9.17, 15) is 0 Å². The summed E-state index contributed by atoms with van der Waals surface area (Å²) in [7, 11) is 0. The average molecular weight is 374 g/mol. The van der Waals surface area contributed by atoms with E-state index >= 15 is 0 Å². The van der Waals surface area contributed by atoms with Crippen molar-refractivity contribution >= 4 is 0 Å². The van der Waals surface area contributed by atoms with Crippen LogP contribution < -0.4 is 0 Å². The van der Waals surface area contributed by atoms with Gasteiger partial charge in [-0.2, -0.15) is 0 Å². The van der Waals surface area contributed by atoms with E-state index in [-0.39, 0.29) is 5.41 Å². The molecule has 0 saturated carbocycles. The fourth-order valence-electron chi connectivity index (χ4n) is 2.65. The number of hydrogen-bond donors (Lipinski definition) is 3. The molecule has 0 saturated heterocycles. The van der Waals surface area contributed by atoms with Gasteiger partial charge < -0.3 is 29.2 Å². The first-order valence-corrected chi connectivity index (χ1v) is 8.98. The van der Waals surface area contributed by atoms with Crippen LogP contribution in [0.15, 0.2) is 37.2 Å². The van der Waals surface area contributed by atoms with Crippen LogP contribution >= 0.6 is 0 Å². The first kappa shape index (κ1) is 19.3. The van der Waals surface area contributed by atoms with Gasteiger partial charge in [0.25, 0.3) is 0 Å². The van der Waals surface area contributed by atoms with Gasteiger partial charge in [0, 0.05) is 42.6 Å². The van der Waals surface area contributed by atoms with E-state index in [0.717, 1.165) is 23.9 Å². The summed E-state index contributed by atoms with van der Waals surface area (Å²) >= 11 is 0. The van der Waals surface area contributed by atoms with Crippen LogP contribution in [0, 0.1) is 5.41 Å². The predicted octanol–water partition coefficient (Wildman–Crippen LogP) is 2.20. The molecular weight excluding hydrogens is 348 g/mol. The Morgan fingerprint density at radius 3 is 1.33 bits per heavy atom. The van der Waals surface area contributed by atoms with Gasteiger partial charge in [0.15, 0.2) is 0 Å². The highest BCUT2D eigenvalue weighted by Crippen LogP contribution is 2.25. The third kappa shape index (κ3) is 6.02. The molecule has 0 spiro atoms. The minimum absolute atomic E-state index is 0.272. The van der Waals surface area contributed by atoms with E-state index in [2.05, 4.69) is 36.8 Å². The normalized spacial score (nSPS) is 11.9. The molecule has 27 heavy (non-hydrogen) atoms. The molecule has 9 heteroatoms. The van der Waals surface area contributed by atoms with Crippen molar-refractivity contribution in [1.82, 2.24) is 29.9 Å². The number of imidazole rings is 3. The highest BCUT2D eigenvalue weighted by Gasteiger charge is 2.30. The molecule has 3 N–H and O–H groups in total. The quantitative estimate of drug-likeness (QED) is 0.423. The first-order valence-electron chi connectivity index (χ1n) is 8.98. The molecule has 0 aromatic carbocycles. The van der Waals surface area contributed by atoms with Crippen molar-refractivity contribution < 1.29 is 14.2 Å². The van der Waals surface area contributed by atoms with E-state index in [1.807, 2.05) is 0 Å². The molecule has 3 heterocycles. The summed E-state index contributed by atoms with van der Waals surface area (Å²) in [5, 5.41) is 0. The van der Waals surface area contributed by atoms with Crippen molar-refractivity contribution in [2.24, 2.45) is 5.41 Å². The number of H-pyrrole nitrogens is 3. The van der Waals surface area contributed by atoms with Gasteiger partial charge in [0.05, 0.1) is 19.8 Å². The molecule has 0 bridgehead atoms. The van der Waals surface area contributed by atoms with E-state index in [0.29, 0.717) is 39.6 Å². The van der Waals surface area contributed by atoms with Gasteiger partial charge in [0.2, 0.25) is 0 Å². The molecule has 0 aliphatic rings. The highest BCUT2D eigenvalue weighted by atomic mass is 16.5. The Labute approximate surface area is 157 Å². The molecule has 0 atom stereocenters. The summed E-state index contributed by atoms with van der Waals surface area (Å²) in [6.45, 7) is 4.88. The molecular formula is C18H26N6O3. The summed E-state index contributed by atoms with van der Waals surface area (Å²) < 4.78 is 17.7. The Morgan fingerprint density at radius 2 is 1.07 bits per heavy atom. The van der Waals surface area contributed by atoms with Gasteiger partial charge >= 0.3 is 0 Å². The van der Waals surface area contributed by atoms with Crippen molar-refractivity contribution in [3.63, 3.8) is 0 Å². The Bertz CT molecular complexity index is 629. The summed E-state index contributed by atoms with van der Waals surface area (Å²) in [5.74, 6) is 2.40. The molecule has 0 amide bonds. The van der Waals surface area contributed by atoms with E-state index < -0.39 is 0 Å². The Balaban J connectivity index is 1.53. The third-order valence-corrected chi connectivity index (χ3v) is 4.36. The van der Waals surface area contributed by atoms with Gasteiger partial charge in [-0.15, -0.1) is 0 Å². The van der Waals surface area contributed by atoms with Crippen LogP contribution in [-0.4, -0.2) is 49.7 Å². The SMILES string of the molecule is CCC(COCc1ncc[nH]1)(COCc1ncc[nH]1)COCc1ncc[nH]1. The second kappa shape index (κ2) is 10.0. The maximum Gasteiger partial charge on any atom is 0.132 e. The molecule has 0 unspecified atom stereocenters. The predicted molar refractivity (Wildman–Crippen MR) is 97.5 cm³/mol. The number of nitrogens with zero attached hydrogens (tertiary/aromatic N) is 3. The van der Waals surface area contributed by atoms with E-state index in [1.54, 1.807) is 37.2 Å². The van der Waals surface area contributed by atoms with Crippen molar-refractivity contribution in [3.05, 3.63) is 54.7 Å². The Hall–Kier alpha value is -2.49. The summed E-state index contributed by atoms with van der Waals surface area (Å²) in [4.78, 5) is 21.7. The molecule has 3 aromatic heterocycles. The maximum absolute atomic E-state index is 5.91. The lowest BCUT2D eigenvalue weighted by Crippen LogP contribution is -2.37. The summed E-state index contributed by atoms with van der Waals surface area (Å²) in [6, 6.07) is 0. The molecule has 0 radical (unpaired) electrons. The number of ether oxygens (including phenoxy) is 3. The Morgan fingerprint density at radius 1 is 0.704 bits per heavy atom. The lowest BCUT2D eigenvalue weighted by atomic mass is 9.88. The van der Waals surface area contributed by atoms with Crippen molar-refractivity contribution in [2.45, 2.75) is 33.2 Å². The smallest absolute Gasteiger partial charge is 0.132 e. The molecule has 0 aliphatic carbocycles. The van der Waals surface area contributed by atoms with Crippen LogP contribution in [0.25, 0.3) is 0 Å². The van der Waals surface area contributed by atoms with E-state index in [4.69, 9.17) is 14.2 Å². The number of hydrogen-bond acceptors (Lipinski definition) is 6. The number of aromatic amines is 3. The van der Waals surface area contributed by atoms with Crippen molar-refractivity contribution in [2.75, 3.05) is 19.8 Å². The lowest BCUT2D eigenvalue weighted by Gasteiger charge is -2.31. The van der Waals surface area contributed by atoms with Crippen molar-refractivity contribution in [3.8, 4) is 0 Å². The molecule has 0 fully saturated rings. The van der Waals surface area contributed by atoms with Crippen LogP contribution in [0.4, 0.5) is 0 Å². The fraction of sp³-hybridized carbons (Fsp3) is 0.500. The van der Waals surface area contributed by atoms with Crippen LogP contribution in [0.5, 0.6) is 0 Å². The molecule has 0 aliphatic heterocycles. The zero-order chi connectivity index (χ0) is 18.8. The minimum atomic E-state index is -0.272. The van der Waals surface area contributed by atoms with Crippen LogP contribution in [0.3, 0.4) is 0 Å². The number of nitrogens with one attached hydrogen (secondary N) is 3. The number of aromatic nitrogens is 6. The monoisotopic (exact) mass is 374 g/mol. The highest BCUT2D eigenvalue weighted by molar-refractivity contribution is 4.87. The van der Waals surface area contributed by atoms with Gasteiger partial charge in [-0.05, 0) is 6.42 Å². The minimum Gasteiger partial charge on any atom is -0.373 e. The Kier molecular flexibility index (Phi) is 7.14. The second-order valence-corrected chi connectivity index (χ2v) is 6.44. The topological polar surface area (TPSA) is 114 Å². The number of rotatable bonds is 13. The standard InChI is InChI=1S/C18H26N6O3/c1-2-18(12-25-9-15-19-3-4-20-15,13-26-10-16-21-5-6-22-16)14-27-11-17-23-7-8-24-17/h3-8H,2,9-14H2,1H3,(H,19,20)(H,21,22)(H,23,24). The lowest BCUT2D eigenvalue weighted by molar-refractivity contribution is -0.0838. The maximum atomic E-state index is 5.91. The largest absolute Gasteiger partial charge is 0.373 e. The molecule has 146 valence electrons. The van der Waals surface area contributed by atoms with Gasteiger partial charge in [0.1, 0.15) is 37.3 Å². The van der Waals surface area contributed by atoms with Crippen LogP contribution in [-0.2, 0) is 34.0 Å². The second-order valence-electron chi connectivity index (χ2n) is 6.44. The zero-order valence-electron chi connectivity index (χ0n) is 15.5. The average Bonchev–Trinajstić information content (AvgIpc) is 3.45. The van der Waals surface area contributed by atoms with E-state index in [1.165, 1.54) is 0 Å². The molecule has 9 nitrogen and oxygen atoms in total. The zero-order valence-corrected chi connectivity index (χ0v) is 15.5. The molecule has 3 aromatic rings.